The third-order valence-electron chi connectivity index (χ3n) is 3.91. The van der Waals surface area contributed by atoms with Crippen LogP contribution in [0.25, 0.3) is 11.1 Å². The lowest BCUT2D eigenvalue weighted by atomic mass is 9.82. The average Bonchev–Trinajstić information content (AvgIpc) is 2.47. The molecule has 1 heteroatoms. The van der Waals surface area contributed by atoms with Crippen molar-refractivity contribution in [3.05, 3.63) is 60.2 Å². The number of hydrogen-bond donors (Lipinski definition) is 0. The van der Waals surface area contributed by atoms with E-state index in [4.69, 9.17) is 11.6 Å². The zero-order valence-corrected chi connectivity index (χ0v) is 12.6. The molecule has 0 aliphatic heterocycles. The molecule has 2 rings (SSSR count). The van der Waals surface area contributed by atoms with E-state index in [2.05, 4.69) is 69.3 Å². The molecule has 0 saturated heterocycles. The third-order valence-corrected chi connectivity index (χ3v) is 4.75. The Morgan fingerprint density at radius 3 is 1.95 bits per heavy atom. The van der Waals surface area contributed by atoms with Crippen LogP contribution >= 0.6 is 11.6 Å². The third kappa shape index (κ3) is 3.19. The molecular weight excluding hydrogens is 252 g/mol. The fourth-order valence-corrected chi connectivity index (χ4v) is 2.41. The van der Waals surface area contributed by atoms with Crippen LogP contribution in [0.3, 0.4) is 0 Å². The fourth-order valence-electron chi connectivity index (χ4n) is 2.11. The van der Waals surface area contributed by atoms with Gasteiger partial charge in [0.05, 0.1) is 5.38 Å². The lowest BCUT2D eigenvalue weighted by molar-refractivity contribution is 0.336. The second-order valence-corrected chi connectivity index (χ2v) is 6.13. The van der Waals surface area contributed by atoms with Gasteiger partial charge in [-0.05, 0) is 28.5 Å². The summed E-state index contributed by atoms with van der Waals surface area (Å²) in [6.45, 7) is 6.62. The molecule has 0 aliphatic rings. The highest BCUT2D eigenvalue weighted by molar-refractivity contribution is 6.21. The van der Waals surface area contributed by atoms with E-state index >= 15 is 0 Å². The van der Waals surface area contributed by atoms with E-state index in [-0.39, 0.29) is 10.8 Å². The summed E-state index contributed by atoms with van der Waals surface area (Å²) in [5, 5.41) is 0.0577. The highest BCUT2D eigenvalue weighted by Gasteiger charge is 2.27. The highest BCUT2D eigenvalue weighted by atomic mass is 35.5. The molecule has 0 amide bonds. The first-order valence-corrected chi connectivity index (χ1v) is 7.27. The first-order valence-electron chi connectivity index (χ1n) is 6.84. The molecule has 0 aromatic heterocycles. The molecule has 0 fully saturated rings. The molecule has 19 heavy (non-hydrogen) atoms. The first-order chi connectivity index (χ1) is 9.04. The quantitative estimate of drug-likeness (QED) is 0.593. The van der Waals surface area contributed by atoms with E-state index in [0.717, 1.165) is 6.42 Å². The van der Waals surface area contributed by atoms with E-state index in [1.165, 1.54) is 16.7 Å². The van der Waals surface area contributed by atoms with Crippen LogP contribution in [0.4, 0.5) is 0 Å². The van der Waals surface area contributed by atoms with Gasteiger partial charge in [0.25, 0.3) is 0 Å². The minimum atomic E-state index is 0.0577. The van der Waals surface area contributed by atoms with Crippen LogP contribution in [0.2, 0.25) is 0 Å². The van der Waals surface area contributed by atoms with Crippen LogP contribution in [-0.4, -0.2) is 0 Å². The largest absolute Gasteiger partial charge is 0.117 e. The smallest absolute Gasteiger partial charge is 0.0636 e. The minimum absolute atomic E-state index is 0.0577. The van der Waals surface area contributed by atoms with Crippen molar-refractivity contribution in [2.75, 3.05) is 0 Å². The van der Waals surface area contributed by atoms with Crippen molar-refractivity contribution in [1.82, 2.24) is 0 Å². The van der Waals surface area contributed by atoms with Crippen LogP contribution in [-0.2, 0) is 0 Å². The normalized spacial score (nSPS) is 13.3. The molecular formula is C18H21Cl. The van der Waals surface area contributed by atoms with Crippen LogP contribution < -0.4 is 0 Å². The van der Waals surface area contributed by atoms with Crippen LogP contribution in [0, 0.1) is 5.41 Å². The Kier molecular flexibility index (Phi) is 4.31. The minimum Gasteiger partial charge on any atom is -0.117 e. The van der Waals surface area contributed by atoms with Gasteiger partial charge in [0.2, 0.25) is 0 Å². The molecule has 0 saturated carbocycles. The highest BCUT2D eigenvalue weighted by Crippen LogP contribution is 2.41. The molecule has 100 valence electrons. The second kappa shape index (κ2) is 5.79. The molecule has 2 aromatic rings. The number of halogens is 1. The van der Waals surface area contributed by atoms with Crippen molar-refractivity contribution in [1.29, 1.82) is 0 Å². The van der Waals surface area contributed by atoms with Gasteiger partial charge in [0.15, 0.2) is 0 Å². The molecule has 0 radical (unpaired) electrons. The predicted molar refractivity (Wildman–Crippen MR) is 84.5 cm³/mol. The maximum Gasteiger partial charge on any atom is 0.0636 e. The second-order valence-electron chi connectivity index (χ2n) is 5.69. The van der Waals surface area contributed by atoms with E-state index in [1.54, 1.807) is 0 Å². The fraction of sp³-hybridized carbons (Fsp3) is 0.333. The van der Waals surface area contributed by atoms with Gasteiger partial charge in [-0.3, -0.25) is 0 Å². The number of alkyl halides is 1. The number of rotatable bonds is 4. The monoisotopic (exact) mass is 272 g/mol. The van der Waals surface area contributed by atoms with Gasteiger partial charge in [-0.15, -0.1) is 11.6 Å². The van der Waals surface area contributed by atoms with Crippen molar-refractivity contribution < 1.29 is 0 Å². The standard InChI is InChI=1S/C18H21Cl/c1-4-18(2,3)17(19)16-12-10-15(11-13-16)14-8-6-5-7-9-14/h5-13,17H,4H2,1-3H3. The topological polar surface area (TPSA) is 0 Å². The van der Waals surface area contributed by atoms with E-state index in [9.17, 15) is 0 Å². The summed E-state index contributed by atoms with van der Waals surface area (Å²) >= 11 is 6.60. The van der Waals surface area contributed by atoms with Crippen molar-refractivity contribution in [2.24, 2.45) is 5.41 Å². The molecule has 0 aliphatic carbocycles. The van der Waals surface area contributed by atoms with Crippen molar-refractivity contribution >= 4 is 11.6 Å². The predicted octanol–water partition coefficient (Wildman–Crippen LogP) is 6.07. The zero-order valence-electron chi connectivity index (χ0n) is 11.9. The van der Waals surface area contributed by atoms with Gasteiger partial charge >= 0.3 is 0 Å². The molecule has 0 bridgehead atoms. The van der Waals surface area contributed by atoms with Crippen LogP contribution in [0.15, 0.2) is 54.6 Å². The maximum atomic E-state index is 6.60. The Hall–Kier alpha value is -1.27. The SMILES string of the molecule is CCC(C)(C)C(Cl)c1ccc(-c2ccccc2)cc1. The number of hydrogen-bond acceptors (Lipinski definition) is 0. The van der Waals surface area contributed by atoms with Crippen molar-refractivity contribution in [2.45, 2.75) is 32.6 Å². The summed E-state index contributed by atoms with van der Waals surface area (Å²) in [4.78, 5) is 0. The number of benzene rings is 2. The summed E-state index contributed by atoms with van der Waals surface area (Å²) in [5.41, 5.74) is 3.81. The summed E-state index contributed by atoms with van der Waals surface area (Å²) in [5.74, 6) is 0. The van der Waals surface area contributed by atoms with Gasteiger partial charge in [-0.2, -0.15) is 0 Å². The Morgan fingerprint density at radius 1 is 0.895 bits per heavy atom. The Balaban J connectivity index is 2.24. The van der Waals surface area contributed by atoms with Crippen molar-refractivity contribution in [3.63, 3.8) is 0 Å². The molecule has 0 heterocycles. The van der Waals surface area contributed by atoms with Gasteiger partial charge in [-0.25, -0.2) is 0 Å². The maximum absolute atomic E-state index is 6.60. The summed E-state index contributed by atoms with van der Waals surface area (Å²) in [7, 11) is 0. The molecule has 2 aromatic carbocycles. The van der Waals surface area contributed by atoms with Gasteiger partial charge < -0.3 is 0 Å². The first kappa shape index (κ1) is 14.1. The van der Waals surface area contributed by atoms with E-state index in [1.807, 2.05) is 6.07 Å². The van der Waals surface area contributed by atoms with E-state index < -0.39 is 0 Å². The van der Waals surface area contributed by atoms with E-state index in [0.29, 0.717) is 0 Å². The Labute approximate surface area is 121 Å². The van der Waals surface area contributed by atoms with Gasteiger partial charge in [-0.1, -0.05) is 75.4 Å². The van der Waals surface area contributed by atoms with Crippen LogP contribution in [0.1, 0.15) is 38.1 Å². The van der Waals surface area contributed by atoms with Crippen molar-refractivity contribution in [3.8, 4) is 11.1 Å². The van der Waals surface area contributed by atoms with Gasteiger partial charge in [0.1, 0.15) is 0 Å². The van der Waals surface area contributed by atoms with Crippen LogP contribution in [0.5, 0.6) is 0 Å². The molecule has 0 nitrogen and oxygen atoms in total. The summed E-state index contributed by atoms with van der Waals surface area (Å²) < 4.78 is 0. The molecule has 0 N–H and O–H groups in total. The van der Waals surface area contributed by atoms with Gasteiger partial charge in [0, 0.05) is 0 Å². The Morgan fingerprint density at radius 2 is 1.42 bits per heavy atom. The summed E-state index contributed by atoms with van der Waals surface area (Å²) in [6, 6.07) is 19.0. The zero-order chi connectivity index (χ0) is 13.9. The summed E-state index contributed by atoms with van der Waals surface area (Å²) in [6.07, 6.45) is 1.07. The average molecular weight is 273 g/mol. The lowest BCUT2D eigenvalue weighted by Crippen LogP contribution is -2.16. The molecule has 0 spiro atoms. The molecule has 1 atom stereocenters. The lowest BCUT2D eigenvalue weighted by Gasteiger charge is -2.29. The Bertz CT molecular complexity index is 511. The molecule has 1 unspecified atom stereocenters.